The van der Waals surface area contributed by atoms with Crippen molar-refractivity contribution in [1.29, 1.82) is 0 Å². The van der Waals surface area contributed by atoms with Crippen molar-refractivity contribution in [1.82, 2.24) is 5.32 Å². The Balaban J connectivity index is 1.93. The minimum absolute atomic E-state index is 0.498. The van der Waals surface area contributed by atoms with Gasteiger partial charge in [-0.1, -0.05) is 0 Å². The third-order valence-electron chi connectivity index (χ3n) is 1.27. The molecule has 3 nitrogen and oxygen atoms in total. The first-order valence-corrected chi connectivity index (χ1v) is 2.69. The number of rotatable bonds is 3. The van der Waals surface area contributed by atoms with Gasteiger partial charge in [-0.2, -0.15) is 0 Å². The predicted molar refractivity (Wildman–Crippen MR) is 28.4 cm³/mol. The van der Waals surface area contributed by atoms with Crippen LogP contribution in [-0.2, 0) is 9.53 Å². The molecule has 0 amide bonds. The molecule has 1 N–H and O–H groups in total. The Labute approximate surface area is 48.0 Å². The lowest BCUT2D eigenvalue weighted by Crippen LogP contribution is -2.44. The van der Waals surface area contributed by atoms with Gasteiger partial charge in [0.1, 0.15) is 0 Å². The normalized spacial score (nSPS) is 19.5. The lowest BCUT2D eigenvalue weighted by molar-refractivity contribution is -0.130. The zero-order valence-corrected chi connectivity index (χ0v) is 4.59. The number of hydrogen-bond donors (Lipinski definition) is 1. The van der Waals surface area contributed by atoms with E-state index in [4.69, 9.17) is 0 Å². The van der Waals surface area contributed by atoms with Crippen molar-refractivity contribution in [3.63, 3.8) is 0 Å². The lowest BCUT2D eigenvalue weighted by Gasteiger charge is -2.25. The number of ether oxygens (including phenoxy) is 1. The molecule has 0 bridgehead atoms. The van der Waals surface area contributed by atoms with E-state index in [9.17, 15) is 4.79 Å². The van der Waals surface area contributed by atoms with Gasteiger partial charge in [-0.15, -0.1) is 0 Å². The fourth-order valence-electron chi connectivity index (χ4n) is 0.642. The summed E-state index contributed by atoms with van der Waals surface area (Å²) in [6, 6.07) is 0. The van der Waals surface area contributed by atoms with Crippen molar-refractivity contribution >= 4 is 6.47 Å². The third kappa shape index (κ3) is 1.20. The number of hydrogen-bond acceptors (Lipinski definition) is 3. The molecule has 0 aromatic rings. The molecule has 1 heterocycles. The van der Waals surface area contributed by atoms with Crippen LogP contribution in [0.4, 0.5) is 0 Å². The smallest absolute Gasteiger partial charge is 0.293 e. The molecule has 1 saturated heterocycles. The van der Waals surface area contributed by atoms with Crippen LogP contribution in [0.15, 0.2) is 0 Å². The highest BCUT2D eigenvalue weighted by molar-refractivity contribution is 5.36. The molecule has 1 rings (SSSR count). The maximum Gasteiger partial charge on any atom is 0.293 e. The molecule has 0 radical (unpaired) electrons. The van der Waals surface area contributed by atoms with E-state index in [1.807, 2.05) is 0 Å². The summed E-state index contributed by atoms with van der Waals surface area (Å²) in [6.45, 7) is 3.07. The second-order valence-electron chi connectivity index (χ2n) is 1.95. The van der Waals surface area contributed by atoms with Crippen LogP contribution in [0.2, 0.25) is 0 Å². The molecule has 46 valence electrons. The molecule has 0 spiro atoms. The topological polar surface area (TPSA) is 38.3 Å². The molecule has 0 unspecified atom stereocenters. The van der Waals surface area contributed by atoms with Gasteiger partial charge in [0.25, 0.3) is 6.47 Å². The highest BCUT2D eigenvalue weighted by Gasteiger charge is 2.16. The molecule has 0 aliphatic carbocycles. The van der Waals surface area contributed by atoms with Gasteiger partial charge in [0.05, 0.1) is 6.61 Å². The van der Waals surface area contributed by atoms with E-state index in [1.54, 1.807) is 0 Å². The number of nitrogens with one attached hydrogen (secondary N) is 1. The maximum atomic E-state index is 9.61. The minimum Gasteiger partial charge on any atom is -0.468 e. The van der Waals surface area contributed by atoms with Crippen molar-refractivity contribution in [3.05, 3.63) is 0 Å². The molecular weight excluding hydrogens is 106 g/mol. The summed E-state index contributed by atoms with van der Waals surface area (Å²) in [5.74, 6) is 0.570. The van der Waals surface area contributed by atoms with Gasteiger partial charge >= 0.3 is 0 Å². The van der Waals surface area contributed by atoms with Gasteiger partial charge in [0, 0.05) is 19.0 Å². The van der Waals surface area contributed by atoms with E-state index in [-0.39, 0.29) is 0 Å². The summed E-state index contributed by atoms with van der Waals surface area (Å²) in [4.78, 5) is 9.61. The fourth-order valence-corrected chi connectivity index (χ4v) is 0.642. The lowest BCUT2D eigenvalue weighted by atomic mass is 10.1. The van der Waals surface area contributed by atoms with Crippen LogP contribution in [0, 0.1) is 5.92 Å². The van der Waals surface area contributed by atoms with Crippen LogP contribution in [-0.4, -0.2) is 26.2 Å². The Kier molecular flexibility index (Phi) is 1.86. The first kappa shape index (κ1) is 5.56. The third-order valence-corrected chi connectivity index (χ3v) is 1.27. The van der Waals surface area contributed by atoms with Gasteiger partial charge < -0.3 is 10.1 Å². The molecule has 1 aliphatic heterocycles. The average Bonchev–Trinajstić information content (AvgIpc) is 1.63. The second-order valence-corrected chi connectivity index (χ2v) is 1.95. The quantitative estimate of drug-likeness (QED) is 0.498. The Bertz CT molecular complexity index is 80.5. The Hall–Kier alpha value is -0.570. The highest BCUT2D eigenvalue weighted by Crippen LogP contribution is 2.00. The van der Waals surface area contributed by atoms with Crippen molar-refractivity contribution in [2.45, 2.75) is 0 Å². The Morgan fingerprint density at radius 2 is 2.50 bits per heavy atom. The van der Waals surface area contributed by atoms with Crippen molar-refractivity contribution < 1.29 is 9.53 Å². The van der Waals surface area contributed by atoms with Gasteiger partial charge in [-0.25, -0.2) is 0 Å². The monoisotopic (exact) mass is 115 g/mol. The Morgan fingerprint density at radius 1 is 1.75 bits per heavy atom. The van der Waals surface area contributed by atoms with Gasteiger partial charge in [0.2, 0.25) is 0 Å². The van der Waals surface area contributed by atoms with E-state index >= 15 is 0 Å². The van der Waals surface area contributed by atoms with Crippen LogP contribution in [0.3, 0.4) is 0 Å². The first-order valence-electron chi connectivity index (χ1n) is 2.69. The molecule has 0 aromatic carbocycles. The van der Waals surface area contributed by atoms with E-state index in [0.29, 0.717) is 19.0 Å². The summed E-state index contributed by atoms with van der Waals surface area (Å²) in [5.41, 5.74) is 0. The summed E-state index contributed by atoms with van der Waals surface area (Å²) in [7, 11) is 0. The standard InChI is InChI=1S/C5H9NO2/c7-4-8-3-5-1-6-2-5/h4-6H,1-3H2. The van der Waals surface area contributed by atoms with Crippen molar-refractivity contribution in [2.75, 3.05) is 19.7 Å². The van der Waals surface area contributed by atoms with E-state index in [1.165, 1.54) is 0 Å². The predicted octanol–water partition coefficient (Wildman–Crippen LogP) is -0.621. The number of carbonyl (C=O) groups excluding carboxylic acids is 1. The molecule has 1 fully saturated rings. The fraction of sp³-hybridized carbons (Fsp3) is 0.800. The molecule has 1 aliphatic rings. The minimum atomic E-state index is 0.498. The van der Waals surface area contributed by atoms with Crippen LogP contribution in [0.1, 0.15) is 0 Å². The summed E-state index contributed by atoms with van der Waals surface area (Å²) >= 11 is 0. The maximum absolute atomic E-state index is 9.61. The first-order chi connectivity index (χ1) is 3.93. The van der Waals surface area contributed by atoms with Crippen LogP contribution in [0.5, 0.6) is 0 Å². The summed E-state index contributed by atoms with van der Waals surface area (Å²) in [6.07, 6.45) is 0. The van der Waals surface area contributed by atoms with Gasteiger partial charge in [-0.05, 0) is 0 Å². The van der Waals surface area contributed by atoms with Crippen LogP contribution in [0.25, 0.3) is 0 Å². The zero-order valence-electron chi connectivity index (χ0n) is 4.59. The largest absolute Gasteiger partial charge is 0.468 e. The zero-order chi connectivity index (χ0) is 5.82. The second kappa shape index (κ2) is 2.67. The summed E-state index contributed by atoms with van der Waals surface area (Å²) in [5, 5.41) is 3.07. The van der Waals surface area contributed by atoms with Crippen molar-refractivity contribution in [3.8, 4) is 0 Å². The summed E-state index contributed by atoms with van der Waals surface area (Å²) < 4.78 is 4.52. The van der Waals surface area contributed by atoms with E-state index in [0.717, 1.165) is 13.1 Å². The average molecular weight is 115 g/mol. The Morgan fingerprint density at radius 3 is 2.88 bits per heavy atom. The SMILES string of the molecule is O=COCC1CNC1. The molecule has 8 heavy (non-hydrogen) atoms. The van der Waals surface area contributed by atoms with Crippen LogP contribution >= 0.6 is 0 Å². The van der Waals surface area contributed by atoms with Gasteiger partial charge in [0.15, 0.2) is 0 Å². The van der Waals surface area contributed by atoms with E-state index < -0.39 is 0 Å². The molecular formula is C5H9NO2. The molecule has 0 aromatic heterocycles. The molecule has 0 atom stereocenters. The highest BCUT2D eigenvalue weighted by atomic mass is 16.5. The van der Waals surface area contributed by atoms with Crippen LogP contribution < -0.4 is 5.32 Å². The van der Waals surface area contributed by atoms with Crippen molar-refractivity contribution in [2.24, 2.45) is 5.92 Å². The molecule has 3 heteroatoms. The number of carbonyl (C=O) groups is 1. The van der Waals surface area contributed by atoms with E-state index in [2.05, 4.69) is 10.1 Å². The van der Waals surface area contributed by atoms with Gasteiger partial charge in [-0.3, -0.25) is 4.79 Å². The molecule has 0 saturated carbocycles.